The minimum Gasteiger partial charge on any atom is -0.351 e. The Morgan fingerprint density at radius 2 is 2.27 bits per heavy atom. The van der Waals surface area contributed by atoms with Gasteiger partial charge in [0, 0.05) is 6.54 Å². The third-order valence-corrected chi connectivity index (χ3v) is 1.75. The number of urea groups is 1. The van der Waals surface area contributed by atoms with E-state index in [-0.39, 0.29) is 5.91 Å². The SMILES string of the molecule is NC(=O)N1CCCC(N)C1=O. The van der Waals surface area contributed by atoms with Crippen LogP contribution in [0.5, 0.6) is 0 Å². The predicted octanol–water partition coefficient (Wildman–Crippen LogP) is -0.985. The van der Waals surface area contributed by atoms with Gasteiger partial charge in [0.1, 0.15) is 0 Å². The number of carbonyl (C=O) groups excluding carboxylic acids is 2. The zero-order valence-electron chi connectivity index (χ0n) is 6.12. The maximum atomic E-state index is 11.1. The monoisotopic (exact) mass is 157 g/mol. The number of primary amides is 1. The Bertz CT molecular complexity index is 192. The van der Waals surface area contributed by atoms with Crippen LogP contribution in [0.15, 0.2) is 0 Å². The van der Waals surface area contributed by atoms with Gasteiger partial charge >= 0.3 is 6.03 Å². The molecular weight excluding hydrogens is 146 g/mol. The number of hydrogen-bond donors (Lipinski definition) is 2. The van der Waals surface area contributed by atoms with Crippen molar-refractivity contribution >= 4 is 11.9 Å². The summed E-state index contributed by atoms with van der Waals surface area (Å²) in [4.78, 5) is 22.6. The molecule has 1 saturated heterocycles. The first-order valence-electron chi connectivity index (χ1n) is 3.49. The number of likely N-dealkylation sites (tertiary alicyclic amines) is 1. The van der Waals surface area contributed by atoms with E-state index in [1.54, 1.807) is 0 Å². The van der Waals surface area contributed by atoms with Gasteiger partial charge in [0.2, 0.25) is 5.91 Å². The molecule has 1 aliphatic rings. The summed E-state index contributed by atoms with van der Waals surface area (Å²) in [6, 6.07) is -1.25. The molecule has 0 aliphatic carbocycles. The second-order valence-corrected chi connectivity index (χ2v) is 2.58. The smallest absolute Gasteiger partial charge is 0.321 e. The van der Waals surface area contributed by atoms with Gasteiger partial charge in [-0.1, -0.05) is 0 Å². The summed E-state index contributed by atoms with van der Waals surface area (Å²) in [6.45, 7) is 0.405. The van der Waals surface area contributed by atoms with E-state index in [4.69, 9.17) is 11.5 Å². The van der Waals surface area contributed by atoms with Crippen molar-refractivity contribution in [3.05, 3.63) is 0 Å². The zero-order chi connectivity index (χ0) is 8.43. The molecule has 1 fully saturated rings. The predicted molar refractivity (Wildman–Crippen MR) is 38.5 cm³/mol. The highest BCUT2D eigenvalue weighted by molar-refractivity contribution is 5.96. The fourth-order valence-corrected chi connectivity index (χ4v) is 1.12. The number of rotatable bonds is 0. The van der Waals surface area contributed by atoms with E-state index in [0.29, 0.717) is 13.0 Å². The Morgan fingerprint density at radius 1 is 1.64 bits per heavy atom. The van der Waals surface area contributed by atoms with Gasteiger partial charge in [-0.3, -0.25) is 9.69 Å². The molecule has 0 radical (unpaired) electrons. The lowest BCUT2D eigenvalue weighted by Crippen LogP contribution is -2.52. The summed E-state index contributed by atoms with van der Waals surface area (Å²) in [5, 5.41) is 0. The van der Waals surface area contributed by atoms with Crippen molar-refractivity contribution in [1.82, 2.24) is 4.90 Å². The fraction of sp³-hybridized carbons (Fsp3) is 0.667. The Morgan fingerprint density at radius 3 is 2.73 bits per heavy atom. The van der Waals surface area contributed by atoms with Crippen molar-refractivity contribution in [2.45, 2.75) is 18.9 Å². The van der Waals surface area contributed by atoms with Crippen LogP contribution in [-0.4, -0.2) is 29.4 Å². The molecule has 0 aromatic carbocycles. The first-order valence-corrected chi connectivity index (χ1v) is 3.49. The average molecular weight is 157 g/mol. The van der Waals surface area contributed by atoms with Gasteiger partial charge in [0.15, 0.2) is 0 Å². The number of amides is 3. The molecule has 1 atom stereocenters. The standard InChI is InChI=1S/C6H11N3O2/c7-4-2-1-3-9(5(4)10)6(8)11/h4H,1-3,7H2,(H2,8,11). The van der Waals surface area contributed by atoms with Crippen LogP contribution in [0.1, 0.15) is 12.8 Å². The zero-order valence-corrected chi connectivity index (χ0v) is 6.12. The van der Waals surface area contributed by atoms with Gasteiger partial charge in [-0.15, -0.1) is 0 Å². The summed E-state index contributed by atoms with van der Waals surface area (Å²) >= 11 is 0. The van der Waals surface area contributed by atoms with Crippen molar-refractivity contribution in [3.63, 3.8) is 0 Å². The second kappa shape index (κ2) is 2.87. The number of imide groups is 1. The first kappa shape index (κ1) is 8.00. The van der Waals surface area contributed by atoms with Gasteiger partial charge in [-0.05, 0) is 12.8 Å². The van der Waals surface area contributed by atoms with Crippen molar-refractivity contribution in [2.75, 3.05) is 6.54 Å². The van der Waals surface area contributed by atoms with Crippen LogP contribution in [0, 0.1) is 0 Å². The van der Waals surface area contributed by atoms with Crippen LogP contribution >= 0.6 is 0 Å². The lowest BCUT2D eigenvalue weighted by atomic mass is 10.1. The van der Waals surface area contributed by atoms with E-state index >= 15 is 0 Å². The van der Waals surface area contributed by atoms with Gasteiger partial charge in [0.05, 0.1) is 6.04 Å². The van der Waals surface area contributed by atoms with Crippen molar-refractivity contribution < 1.29 is 9.59 Å². The topological polar surface area (TPSA) is 89.4 Å². The van der Waals surface area contributed by atoms with E-state index in [2.05, 4.69) is 0 Å². The van der Waals surface area contributed by atoms with Gasteiger partial charge in [-0.25, -0.2) is 4.79 Å². The molecule has 0 saturated carbocycles. The summed E-state index contributed by atoms with van der Waals surface area (Å²) in [6.07, 6.45) is 1.39. The number of nitrogens with two attached hydrogens (primary N) is 2. The van der Waals surface area contributed by atoms with Crippen LogP contribution in [0.4, 0.5) is 4.79 Å². The summed E-state index contributed by atoms with van der Waals surface area (Å²) in [7, 11) is 0. The van der Waals surface area contributed by atoms with E-state index < -0.39 is 12.1 Å². The van der Waals surface area contributed by atoms with Gasteiger partial charge in [0.25, 0.3) is 0 Å². The third kappa shape index (κ3) is 1.48. The van der Waals surface area contributed by atoms with Crippen LogP contribution in [-0.2, 0) is 4.79 Å². The lowest BCUT2D eigenvalue weighted by molar-refractivity contribution is -0.131. The molecule has 4 N–H and O–H groups in total. The van der Waals surface area contributed by atoms with Crippen LogP contribution in [0.3, 0.4) is 0 Å². The summed E-state index contributed by atoms with van der Waals surface area (Å²) in [5.74, 6) is -0.358. The Hall–Kier alpha value is -1.10. The molecule has 1 aliphatic heterocycles. The van der Waals surface area contributed by atoms with Crippen LogP contribution in [0.25, 0.3) is 0 Å². The Labute approximate surface area is 64.3 Å². The molecule has 0 aromatic heterocycles. The average Bonchev–Trinajstić information content (AvgIpc) is 1.94. The summed E-state index contributed by atoms with van der Waals surface area (Å²) < 4.78 is 0. The first-order chi connectivity index (χ1) is 5.13. The molecule has 1 heterocycles. The molecule has 1 unspecified atom stereocenters. The summed E-state index contributed by atoms with van der Waals surface area (Å²) in [5.41, 5.74) is 10.3. The second-order valence-electron chi connectivity index (χ2n) is 2.58. The van der Waals surface area contributed by atoms with E-state index in [1.807, 2.05) is 0 Å². The molecule has 0 aromatic rings. The van der Waals surface area contributed by atoms with Crippen molar-refractivity contribution in [2.24, 2.45) is 11.5 Å². The van der Waals surface area contributed by atoms with Gasteiger partial charge < -0.3 is 11.5 Å². The van der Waals surface area contributed by atoms with Crippen LogP contribution < -0.4 is 11.5 Å². The quantitative estimate of drug-likeness (QED) is 0.473. The largest absolute Gasteiger partial charge is 0.351 e. The lowest BCUT2D eigenvalue weighted by Gasteiger charge is -2.26. The highest BCUT2D eigenvalue weighted by Crippen LogP contribution is 2.08. The van der Waals surface area contributed by atoms with Crippen molar-refractivity contribution in [3.8, 4) is 0 Å². The highest BCUT2D eigenvalue weighted by atomic mass is 16.2. The van der Waals surface area contributed by atoms with E-state index in [9.17, 15) is 9.59 Å². The number of hydrogen-bond acceptors (Lipinski definition) is 3. The molecule has 11 heavy (non-hydrogen) atoms. The fourth-order valence-electron chi connectivity index (χ4n) is 1.12. The molecule has 62 valence electrons. The molecule has 0 spiro atoms. The molecular formula is C6H11N3O2. The van der Waals surface area contributed by atoms with Crippen molar-refractivity contribution in [1.29, 1.82) is 0 Å². The van der Waals surface area contributed by atoms with Gasteiger partial charge in [-0.2, -0.15) is 0 Å². The highest BCUT2D eigenvalue weighted by Gasteiger charge is 2.28. The maximum absolute atomic E-state index is 11.1. The number of piperidine rings is 1. The maximum Gasteiger partial charge on any atom is 0.321 e. The minimum atomic E-state index is -0.704. The molecule has 3 amide bonds. The Kier molecular flexibility index (Phi) is 2.09. The Balaban J connectivity index is 2.66. The minimum absolute atomic E-state index is 0.358. The number of nitrogens with zero attached hydrogens (tertiary/aromatic N) is 1. The van der Waals surface area contributed by atoms with E-state index in [1.165, 1.54) is 0 Å². The third-order valence-electron chi connectivity index (χ3n) is 1.75. The molecule has 5 nitrogen and oxygen atoms in total. The van der Waals surface area contributed by atoms with E-state index in [0.717, 1.165) is 11.3 Å². The number of carbonyl (C=O) groups is 2. The normalized spacial score (nSPS) is 25.4. The molecule has 0 bridgehead atoms. The molecule has 1 rings (SSSR count). The molecule has 5 heteroatoms. The van der Waals surface area contributed by atoms with Crippen LogP contribution in [0.2, 0.25) is 0 Å².